The average molecular weight is 275 g/mol. The van der Waals surface area contributed by atoms with Gasteiger partial charge in [0.2, 0.25) is 0 Å². The molecule has 0 radical (unpaired) electrons. The molecule has 0 aliphatic carbocycles. The monoisotopic (exact) mass is 275 g/mol. The molecule has 1 heteroatoms. The second-order valence-electron chi connectivity index (χ2n) is 8.05. The van der Waals surface area contributed by atoms with Gasteiger partial charge in [-0.15, -0.1) is 0 Å². The molecule has 1 aromatic carbocycles. The van der Waals surface area contributed by atoms with Gasteiger partial charge in [-0.05, 0) is 41.3 Å². The lowest BCUT2D eigenvalue weighted by Crippen LogP contribution is -2.26. The summed E-state index contributed by atoms with van der Waals surface area (Å²) in [7, 11) is 0. The molecule has 1 aromatic rings. The summed E-state index contributed by atoms with van der Waals surface area (Å²) >= 11 is 0. The molecule has 0 aliphatic rings. The molecule has 0 aromatic heterocycles. The van der Waals surface area contributed by atoms with Gasteiger partial charge >= 0.3 is 0 Å². The zero-order chi connectivity index (χ0) is 15.4. The van der Waals surface area contributed by atoms with E-state index >= 15 is 0 Å². The van der Waals surface area contributed by atoms with Crippen molar-refractivity contribution in [3.8, 4) is 0 Å². The topological polar surface area (TPSA) is 12.0 Å². The Morgan fingerprint density at radius 3 is 2.10 bits per heavy atom. The average Bonchev–Trinajstić information content (AvgIpc) is 2.32. The first kappa shape index (κ1) is 17.2. The fraction of sp³-hybridized carbons (Fsp3) is 0.684. The minimum atomic E-state index is 0.200. The van der Waals surface area contributed by atoms with Crippen molar-refractivity contribution >= 4 is 0 Å². The van der Waals surface area contributed by atoms with Gasteiger partial charge in [0.05, 0.1) is 0 Å². The number of hydrogen-bond donors (Lipinski definition) is 1. The maximum absolute atomic E-state index is 3.68. The summed E-state index contributed by atoms with van der Waals surface area (Å²) in [5.74, 6) is 0. The number of benzene rings is 1. The Morgan fingerprint density at radius 1 is 1.00 bits per heavy atom. The van der Waals surface area contributed by atoms with Crippen molar-refractivity contribution in [2.24, 2.45) is 5.41 Å². The van der Waals surface area contributed by atoms with Crippen LogP contribution in [0.5, 0.6) is 0 Å². The van der Waals surface area contributed by atoms with E-state index in [9.17, 15) is 0 Å². The molecule has 1 nitrogen and oxygen atoms in total. The lowest BCUT2D eigenvalue weighted by molar-refractivity contribution is 0.332. The van der Waals surface area contributed by atoms with Gasteiger partial charge in [-0.2, -0.15) is 0 Å². The molecular weight excluding hydrogens is 242 g/mol. The highest BCUT2D eigenvalue weighted by Crippen LogP contribution is 2.33. The van der Waals surface area contributed by atoms with E-state index in [4.69, 9.17) is 0 Å². The summed E-state index contributed by atoms with van der Waals surface area (Å²) in [5.41, 5.74) is 3.54. The van der Waals surface area contributed by atoms with E-state index in [1.165, 1.54) is 24.0 Å². The summed E-state index contributed by atoms with van der Waals surface area (Å²) in [6, 6.07) is 9.39. The third-order valence-electron chi connectivity index (χ3n) is 3.78. The van der Waals surface area contributed by atoms with Crippen molar-refractivity contribution in [2.75, 3.05) is 6.54 Å². The molecule has 1 atom stereocenters. The van der Waals surface area contributed by atoms with Crippen LogP contribution in [-0.2, 0) is 5.41 Å². The molecule has 1 N–H and O–H groups in total. The number of nitrogens with one attached hydrogen (secondary N) is 1. The van der Waals surface area contributed by atoms with Crippen LogP contribution in [-0.4, -0.2) is 6.54 Å². The second-order valence-corrected chi connectivity index (χ2v) is 8.05. The lowest BCUT2D eigenvalue weighted by Gasteiger charge is -2.30. The summed E-state index contributed by atoms with van der Waals surface area (Å²) < 4.78 is 0. The van der Waals surface area contributed by atoms with Crippen LogP contribution >= 0.6 is 0 Å². The Labute approximate surface area is 126 Å². The van der Waals surface area contributed by atoms with Crippen molar-refractivity contribution in [1.29, 1.82) is 0 Å². The van der Waals surface area contributed by atoms with Crippen LogP contribution in [0.3, 0.4) is 0 Å². The highest BCUT2D eigenvalue weighted by molar-refractivity contribution is 5.35. The van der Waals surface area contributed by atoms with Crippen LogP contribution in [0.25, 0.3) is 0 Å². The normalized spacial score (nSPS) is 14.3. The van der Waals surface area contributed by atoms with Gasteiger partial charge < -0.3 is 5.32 Å². The van der Waals surface area contributed by atoms with E-state index in [0.29, 0.717) is 11.5 Å². The highest BCUT2D eigenvalue weighted by Gasteiger charge is 2.23. The zero-order valence-corrected chi connectivity index (χ0v) is 14.5. The predicted octanol–water partition coefficient (Wildman–Crippen LogP) is 5.46. The van der Waals surface area contributed by atoms with Crippen LogP contribution in [0.4, 0.5) is 0 Å². The van der Waals surface area contributed by atoms with E-state index in [-0.39, 0.29) is 5.41 Å². The quantitative estimate of drug-likeness (QED) is 0.752. The van der Waals surface area contributed by atoms with Gasteiger partial charge in [-0.1, -0.05) is 72.7 Å². The van der Waals surface area contributed by atoms with Gasteiger partial charge in [0.25, 0.3) is 0 Å². The number of rotatable bonds is 5. The van der Waals surface area contributed by atoms with Crippen LogP contribution in [0.1, 0.15) is 78.5 Å². The van der Waals surface area contributed by atoms with Crippen molar-refractivity contribution in [3.63, 3.8) is 0 Å². The van der Waals surface area contributed by atoms with Gasteiger partial charge in [-0.3, -0.25) is 0 Å². The van der Waals surface area contributed by atoms with Crippen LogP contribution in [0, 0.1) is 5.41 Å². The molecule has 1 unspecified atom stereocenters. The molecule has 0 saturated heterocycles. The van der Waals surface area contributed by atoms with Crippen molar-refractivity contribution in [3.05, 3.63) is 35.4 Å². The zero-order valence-electron chi connectivity index (χ0n) is 14.5. The van der Waals surface area contributed by atoms with Gasteiger partial charge in [0.15, 0.2) is 0 Å². The molecule has 0 aliphatic heterocycles. The first-order chi connectivity index (χ1) is 9.15. The maximum atomic E-state index is 3.68. The molecule has 0 bridgehead atoms. The summed E-state index contributed by atoms with van der Waals surface area (Å²) in [5, 5.41) is 3.68. The van der Waals surface area contributed by atoms with Gasteiger partial charge in [-0.25, -0.2) is 0 Å². The van der Waals surface area contributed by atoms with Crippen molar-refractivity contribution < 1.29 is 0 Å². The third-order valence-corrected chi connectivity index (χ3v) is 3.78. The minimum Gasteiger partial charge on any atom is -0.310 e. The van der Waals surface area contributed by atoms with Crippen molar-refractivity contribution in [1.82, 2.24) is 5.32 Å². The predicted molar refractivity (Wildman–Crippen MR) is 90.2 cm³/mol. The Morgan fingerprint density at radius 2 is 1.60 bits per heavy atom. The first-order valence-corrected chi connectivity index (χ1v) is 7.98. The fourth-order valence-corrected chi connectivity index (χ4v) is 2.68. The lowest BCUT2D eigenvalue weighted by atomic mass is 9.79. The third kappa shape index (κ3) is 5.28. The van der Waals surface area contributed by atoms with Gasteiger partial charge in [0, 0.05) is 6.04 Å². The minimum absolute atomic E-state index is 0.200. The largest absolute Gasteiger partial charge is 0.310 e. The second kappa shape index (κ2) is 6.76. The Kier molecular flexibility index (Phi) is 5.82. The molecule has 0 fully saturated rings. The van der Waals surface area contributed by atoms with Crippen LogP contribution < -0.4 is 5.32 Å². The molecule has 114 valence electrons. The molecule has 0 amide bonds. The number of hydrogen-bond acceptors (Lipinski definition) is 1. The van der Waals surface area contributed by atoms with E-state index in [0.717, 1.165) is 6.54 Å². The Bertz CT molecular complexity index is 407. The molecule has 0 spiro atoms. The summed E-state index contributed by atoms with van der Waals surface area (Å²) in [6.07, 6.45) is 2.44. The smallest absolute Gasteiger partial charge is 0.0323 e. The molecule has 20 heavy (non-hydrogen) atoms. The SMILES string of the molecule is CCNC(CCC(C)(C)C)c1ccccc1C(C)(C)C. The standard InChI is InChI=1S/C19H33N/c1-8-20-17(13-14-18(2,3)4)15-11-9-10-12-16(15)19(5,6)7/h9-12,17,20H,8,13-14H2,1-7H3. The van der Waals surface area contributed by atoms with E-state index in [2.05, 4.69) is 78.0 Å². The van der Waals surface area contributed by atoms with E-state index in [1.807, 2.05) is 0 Å². The van der Waals surface area contributed by atoms with E-state index in [1.54, 1.807) is 0 Å². The summed E-state index contributed by atoms with van der Waals surface area (Å²) in [4.78, 5) is 0. The maximum Gasteiger partial charge on any atom is 0.0323 e. The molecular formula is C19H33N. The van der Waals surface area contributed by atoms with E-state index < -0.39 is 0 Å². The Hall–Kier alpha value is -0.820. The van der Waals surface area contributed by atoms with Gasteiger partial charge in [0.1, 0.15) is 0 Å². The summed E-state index contributed by atoms with van der Waals surface area (Å²) in [6.45, 7) is 17.1. The van der Waals surface area contributed by atoms with Crippen molar-refractivity contribution in [2.45, 2.75) is 72.8 Å². The highest BCUT2D eigenvalue weighted by atomic mass is 14.9. The molecule has 0 saturated carbocycles. The first-order valence-electron chi connectivity index (χ1n) is 7.98. The molecule has 0 heterocycles. The van der Waals surface area contributed by atoms with Crippen LogP contribution in [0.15, 0.2) is 24.3 Å². The fourth-order valence-electron chi connectivity index (χ4n) is 2.68. The van der Waals surface area contributed by atoms with Crippen LogP contribution in [0.2, 0.25) is 0 Å². The Balaban J connectivity index is 3.03. The molecule has 1 rings (SSSR count).